The van der Waals surface area contributed by atoms with Crippen LogP contribution >= 0.6 is 23.2 Å². The van der Waals surface area contributed by atoms with E-state index in [-0.39, 0.29) is 15.7 Å². The fourth-order valence-electron chi connectivity index (χ4n) is 1.60. The summed E-state index contributed by atoms with van der Waals surface area (Å²) in [5.74, 6) is -1.55. The molecule has 2 rings (SSSR count). The molecule has 0 aliphatic carbocycles. The lowest BCUT2D eigenvalue weighted by molar-refractivity contribution is -0.384. The van der Waals surface area contributed by atoms with Gasteiger partial charge in [0, 0.05) is 23.4 Å². The molecule has 0 radical (unpaired) electrons. The number of hydrogen-bond acceptors (Lipinski definition) is 5. The summed E-state index contributed by atoms with van der Waals surface area (Å²) in [7, 11) is 0. The van der Waals surface area contributed by atoms with Crippen LogP contribution in [0.15, 0.2) is 29.2 Å². The fourth-order valence-corrected chi connectivity index (χ4v) is 2.17. The third-order valence-corrected chi connectivity index (χ3v) is 2.95. The van der Waals surface area contributed by atoms with Gasteiger partial charge < -0.3 is 5.11 Å². The minimum atomic E-state index is -1.55. The quantitative estimate of drug-likeness (QED) is 0.681. The fraction of sp³-hybridized carbons (Fsp3) is 0. The Hall–Kier alpha value is -2.45. The van der Waals surface area contributed by atoms with Crippen molar-refractivity contribution in [3.05, 3.63) is 60.5 Å². The molecule has 0 unspecified atom stereocenters. The molecular weight excluding hydrogens is 325 g/mol. The predicted octanol–water partition coefficient (Wildman–Crippen LogP) is 2.15. The summed E-state index contributed by atoms with van der Waals surface area (Å²) in [5, 5.41) is 23.4. The molecule has 0 aliphatic heterocycles. The molecule has 0 fully saturated rings. The van der Waals surface area contributed by atoms with Crippen LogP contribution in [0.5, 0.6) is 0 Å². The highest BCUT2D eigenvalue weighted by atomic mass is 35.5. The smallest absolute Gasteiger partial charge is 0.360 e. The lowest BCUT2D eigenvalue weighted by Gasteiger charge is -2.09. The predicted molar refractivity (Wildman–Crippen MR) is 73.5 cm³/mol. The van der Waals surface area contributed by atoms with Gasteiger partial charge in [-0.05, 0) is 6.07 Å². The number of nitro benzene ring substituents is 1. The summed E-state index contributed by atoms with van der Waals surface area (Å²) in [6.45, 7) is 0. The van der Waals surface area contributed by atoms with Crippen molar-refractivity contribution in [1.29, 1.82) is 0 Å². The number of benzene rings is 1. The van der Waals surface area contributed by atoms with Crippen molar-refractivity contribution in [3.63, 3.8) is 0 Å². The van der Waals surface area contributed by atoms with E-state index in [0.717, 1.165) is 23.0 Å². The van der Waals surface area contributed by atoms with Crippen LogP contribution < -0.4 is 5.43 Å². The highest BCUT2D eigenvalue weighted by Gasteiger charge is 2.22. The molecule has 10 heteroatoms. The molecule has 0 aliphatic rings. The first-order valence-electron chi connectivity index (χ1n) is 5.28. The summed E-state index contributed by atoms with van der Waals surface area (Å²) < 4.78 is 0.849. The molecule has 8 nitrogen and oxygen atoms in total. The molecule has 21 heavy (non-hydrogen) atoms. The minimum absolute atomic E-state index is 0.0370. The van der Waals surface area contributed by atoms with E-state index in [0.29, 0.717) is 0 Å². The lowest BCUT2D eigenvalue weighted by Crippen LogP contribution is -2.20. The number of aromatic carboxylic acids is 1. The molecule has 0 spiro atoms. The van der Waals surface area contributed by atoms with Gasteiger partial charge in [0.1, 0.15) is 0 Å². The van der Waals surface area contributed by atoms with E-state index in [4.69, 9.17) is 28.3 Å². The summed E-state index contributed by atoms with van der Waals surface area (Å²) in [6.07, 6.45) is 1.08. The van der Waals surface area contributed by atoms with Crippen molar-refractivity contribution in [2.75, 3.05) is 0 Å². The van der Waals surface area contributed by atoms with Crippen molar-refractivity contribution in [3.8, 4) is 5.69 Å². The first kappa shape index (κ1) is 14.9. The van der Waals surface area contributed by atoms with Crippen LogP contribution in [0.2, 0.25) is 10.0 Å². The summed E-state index contributed by atoms with van der Waals surface area (Å²) in [5.41, 5.74) is -2.27. The maximum Gasteiger partial charge on any atom is 0.360 e. The number of carbonyl (C=O) groups is 1. The van der Waals surface area contributed by atoms with Crippen LogP contribution in [-0.4, -0.2) is 25.8 Å². The maximum absolute atomic E-state index is 11.4. The molecule has 108 valence electrons. The Kier molecular flexibility index (Phi) is 3.92. The summed E-state index contributed by atoms with van der Waals surface area (Å²) in [6, 6.07) is 3.21. The number of hydrogen-bond donors (Lipinski definition) is 1. The Morgan fingerprint density at radius 2 is 2.05 bits per heavy atom. The normalized spacial score (nSPS) is 10.4. The standard InChI is InChI=1S/C11H5Cl2N3O5/c12-5-3-6(13)10(7(4-5)16(20)21)15-2-1-8(17)9(14-15)11(18)19/h1-4H,(H,18,19). The van der Waals surface area contributed by atoms with E-state index in [2.05, 4.69) is 5.10 Å². The Morgan fingerprint density at radius 3 is 2.62 bits per heavy atom. The highest BCUT2D eigenvalue weighted by molar-refractivity contribution is 6.36. The van der Waals surface area contributed by atoms with E-state index >= 15 is 0 Å². The average molecular weight is 330 g/mol. The van der Waals surface area contributed by atoms with Crippen molar-refractivity contribution < 1.29 is 14.8 Å². The number of nitro groups is 1. The van der Waals surface area contributed by atoms with Crippen molar-refractivity contribution in [2.24, 2.45) is 0 Å². The molecule has 1 aromatic heterocycles. The summed E-state index contributed by atoms with van der Waals surface area (Å²) >= 11 is 11.6. The lowest BCUT2D eigenvalue weighted by atomic mass is 10.2. The van der Waals surface area contributed by atoms with Gasteiger partial charge in [-0.25, -0.2) is 9.48 Å². The Bertz CT molecular complexity index is 818. The Balaban J connectivity index is 2.78. The number of aromatic nitrogens is 2. The van der Waals surface area contributed by atoms with Crippen LogP contribution in [0.25, 0.3) is 5.69 Å². The molecular formula is C11H5Cl2N3O5. The second-order valence-corrected chi connectivity index (χ2v) is 4.63. The van der Waals surface area contributed by atoms with Crippen LogP contribution in [0.3, 0.4) is 0 Å². The number of carboxylic acids is 1. The second-order valence-electron chi connectivity index (χ2n) is 3.79. The van der Waals surface area contributed by atoms with Gasteiger partial charge in [0.15, 0.2) is 5.69 Å². The molecule has 1 N–H and O–H groups in total. The highest BCUT2D eigenvalue weighted by Crippen LogP contribution is 2.33. The second kappa shape index (κ2) is 5.51. The van der Waals surface area contributed by atoms with Crippen molar-refractivity contribution >= 4 is 34.9 Å². The molecule has 0 atom stereocenters. The van der Waals surface area contributed by atoms with Gasteiger partial charge in [-0.2, -0.15) is 5.10 Å². The number of rotatable bonds is 3. The number of carboxylic acid groups (broad SMARTS) is 1. The van der Waals surface area contributed by atoms with Gasteiger partial charge in [-0.1, -0.05) is 23.2 Å². The van der Waals surface area contributed by atoms with Gasteiger partial charge in [-0.3, -0.25) is 14.9 Å². The van der Waals surface area contributed by atoms with E-state index in [9.17, 15) is 19.7 Å². The number of nitrogens with zero attached hydrogens (tertiary/aromatic N) is 3. The zero-order chi connectivity index (χ0) is 15.7. The molecule has 0 amide bonds. The van der Waals surface area contributed by atoms with Gasteiger partial charge in [0.25, 0.3) is 5.69 Å². The minimum Gasteiger partial charge on any atom is -0.476 e. The van der Waals surface area contributed by atoms with Gasteiger partial charge in [-0.15, -0.1) is 0 Å². The Morgan fingerprint density at radius 1 is 1.38 bits per heavy atom. The monoisotopic (exact) mass is 329 g/mol. The van der Waals surface area contributed by atoms with E-state index in [1.165, 1.54) is 6.07 Å². The SMILES string of the molecule is O=C(O)c1nn(-c2c(Cl)cc(Cl)cc2[N+](=O)[O-])ccc1=O. The summed E-state index contributed by atoms with van der Waals surface area (Å²) in [4.78, 5) is 32.6. The van der Waals surface area contributed by atoms with Gasteiger partial charge in [0.05, 0.1) is 9.95 Å². The van der Waals surface area contributed by atoms with Gasteiger partial charge in [0.2, 0.25) is 11.1 Å². The largest absolute Gasteiger partial charge is 0.476 e. The van der Waals surface area contributed by atoms with Crippen LogP contribution in [-0.2, 0) is 0 Å². The van der Waals surface area contributed by atoms with Crippen LogP contribution in [0.4, 0.5) is 5.69 Å². The Labute approximate surface area is 126 Å². The van der Waals surface area contributed by atoms with Crippen LogP contribution in [0.1, 0.15) is 10.5 Å². The number of halogens is 2. The third kappa shape index (κ3) is 2.86. The molecule has 0 saturated carbocycles. The van der Waals surface area contributed by atoms with Crippen LogP contribution in [0, 0.1) is 10.1 Å². The molecule has 0 saturated heterocycles. The zero-order valence-corrected chi connectivity index (χ0v) is 11.5. The topological polar surface area (TPSA) is 115 Å². The molecule has 2 aromatic rings. The first-order valence-corrected chi connectivity index (χ1v) is 6.04. The molecule has 1 heterocycles. The van der Waals surface area contributed by atoms with E-state index < -0.39 is 27.7 Å². The van der Waals surface area contributed by atoms with Crippen molar-refractivity contribution in [1.82, 2.24) is 9.78 Å². The first-order chi connectivity index (χ1) is 9.81. The van der Waals surface area contributed by atoms with E-state index in [1.54, 1.807) is 0 Å². The molecule has 0 bridgehead atoms. The van der Waals surface area contributed by atoms with E-state index in [1.807, 2.05) is 0 Å². The maximum atomic E-state index is 11.4. The average Bonchev–Trinajstić information content (AvgIpc) is 2.38. The zero-order valence-electron chi connectivity index (χ0n) is 9.99. The van der Waals surface area contributed by atoms with Crippen molar-refractivity contribution in [2.45, 2.75) is 0 Å². The third-order valence-electron chi connectivity index (χ3n) is 2.44. The van der Waals surface area contributed by atoms with Gasteiger partial charge >= 0.3 is 5.97 Å². The molecule has 1 aromatic carbocycles.